The van der Waals surface area contributed by atoms with Crippen LogP contribution in [0.3, 0.4) is 0 Å². The molecule has 4 rings (SSSR count). The van der Waals surface area contributed by atoms with Gasteiger partial charge in [0.1, 0.15) is 12.4 Å². The van der Waals surface area contributed by atoms with Gasteiger partial charge < -0.3 is 10.4 Å². The number of hydrogen-bond acceptors (Lipinski definition) is 6. The van der Waals surface area contributed by atoms with Crippen LogP contribution in [0.2, 0.25) is 5.02 Å². The lowest BCUT2D eigenvalue weighted by molar-refractivity contribution is -0.141. The third kappa shape index (κ3) is 4.77. The zero-order valence-electron chi connectivity index (χ0n) is 16.3. The van der Waals surface area contributed by atoms with Crippen molar-refractivity contribution in [2.75, 3.05) is 5.32 Å². The van der Waals surface area contributed by atoms with Crippen LogP contribution in [-0.2, 0) is 17.5 Å². The largest absolute Gasteiger partial charge is 0.480 e. The van der Waals surface area contributed by atoms with Crippen molar-refractivity contribution in [3.8, 4) is 17.1 Å². The molecule has 0 aliphatic rings. The van der Waals surface area contributed by atoms with Gasteiger partial charge in [-0.25, -0.2) is 14.1 Å². The van der Waals surface area contributed by atoms with Crippen molar-refractivity contribution in [2.24, 2.45) is 0 Å². The van der Waals surface area contributed by atoms with Crippen molar-refractivity contribution in [3.05, 3.63) is 65.5 Å². The Bertz CT molecular complexity index is 1340. The fourth-order valence-electron chi connectivity index (χ4n) is 2.90. The highest BCUT2D eigenvalue weighted by Gasteiger charge is 2.34. The van der Waals surface area contributed by atoms with Crippen LogP contribution in [-0.4, -0.2) is 40.6 Å². The van der Waals surface area contributed by atoms with Crippen molar-refractivity contribution in [1.29, 1.82) is 0 Å². The lowest BCUT2D eigenvalue weighted by atomic mass is 10.2. The summed E-state index contributed by atoms with van der Waals surface area (Å²) in [4.78, 5) is 19.5. The average molecular weight is 482 g/mol. The standard InChI is InChI=1S/C19H12ClF4N7O2/c20-12-7-10(1-2-13(12)21)27-18-25-8-11(14-3-5-26-31(14)9-16(32)33)17(28-18)30-6-4-15(29-30)19(22,23)24/h1-8H,9H2,(H,32,33)(H,25,27,28). The Hall–Kier alpha value is -4.00. The highest BCUT2D eigenvalue weighted by atomic mass is 35.5. The Kier molecular flexibility index (Phi) is 5.72. The highest BCUT2D eigenvalue weighted by Crippen LogP contribution is 2.31. The molecule has 4 aromatic rings. The number of halogens is 5. The minimum atomic E-state index is -4.69. The summed E-state index contributed by atoms with van der Waals surface area (Å²) in [5.41, 5.74) is -0.403. The molecule has 1 aromatic carbocycles. The smallest absolute Gasteiger partial charge is 0.435 e. The molecule has 0 saturated carbocycles. The maximum atomic E-state index is 13.4. The third-order valence-electron chi connectivity index (χ3n) is 4.32. The monoisotopic (exact) mass is 481 g/mol. The van der Waals surface area contributed by atoms with E-state index >= 15 is 0 Å². The van der Waals surface area contributed by atoms with Gasteiger partial charge in [0.2, 0.25) is 5.95 Å². The van der Waals surface area contributed by atoms with E-state index in [0.717, 1.165) is 27.7 Å². The lowest BCUT2D eigenvalue weighted by Crippen LogP contribution is -2.13. The summed E-state index contributed by atoms with van der Waals surface area (Å²) in [6.45, 7) is -0.497. The fraction of sp³-hybridized carbons (Fsp3) is 0.105. The highest BCUT2D eigenvalue weighted by molar-refractivity contribution is 6.31. The molecule has 0 atom stereocenters. The molecule has 3 heterocycles. The maximum Gasteiger partial charge on any atom is 0.435 e. The van der Waals surface area contributed by atoms with E-state index in [1.54, 1.807) is 0 Å². The number of hydrogen-bond donors (Lipinski definition) is 2. The van der Waals surface area contributed by atoms with E-state index in [9.17, 15) is 22.4 Å². The Balaban J connectivity index is 1.81. The van der Waals surface area contributed by atoms with Crippen molar-refractivity contribution in [1.82, 2.24) is 29.5 Å². The first-order valence-electron chi connectivity index (χ1n) is 9.08. The van der Waals surface area contributed by atoms with Gasteiger partial charge in [0, 0.05) is 24.3 Å². The fourth-order valence-corrected chi connectivity index (χ4v) is 3.08. The van der Waals surface area contributed by atoms with Gasteiger partial charge >= 0.3 is 12.1 Å². The normalized spacial score (nSPS) is 11.5. The van der Waals surface area contributed by atoms with Crippen molar-refractivity contribution >= 4 is 29.2 Å². The van der Waals surface area contributed by atoms with E-state index in [1.807, 2.05) is 0 Å². The van der Waals surface area contributed by atoms with Gasteiger partial charge in [-0.15, -0.1) is 0 Å². The predicted octanol–water partition coefficient (Wildman–Crippen LogP) is 4.17. The van der Waals surface area contributed by atoms with Crippen LogP contribution in [0.25, 0.3) is 17.1 Å². The molecular formula is C19H12ClF4N7O2. The van der Waals surface area contributed by atoms with Gasteiger partial charge in [-0.05, 0) is 30.3 Å². The molecule has 0 aliphatic carbocycles. The number of carbonyl (C=O) groups is 1. The quantitative estimate of drug-likeness (QED) is 0.398. The minimum absolute atomic E-state index is 0.0511. The third-order valence-corrected chi connectivity index (χ3v) is 4.61. The first-order valence-corrected chi connectivity index (χ1v) is 9.46. The van der Waals surface area contributed by atoms with Crippen molar-refractivity contribution < 1.29 is 27.5 Å². The van der Waals surface area contributed by atoms with E-state index in [2.05, 4.69) is 25.5 Å². The number of rotatable bonds is 6. The number of nitrogens with one attached hydrogen (secondary N) is 1. The van der Waals surface area contributed by atoms with Crippen LogP contribution in [0.1, 0.15) is 5.69 Å². The van der Waals surface area contributed by atoms with E-state index in [4.69, 9.17) is 16.7 Å². The number of aromatic nitrogens is 6. The second-order valence-corrected chi connectivity index (χ2v) is 7.00. The molecule has 14 heteroatoms. The summed E-state index contributed by atoms with van der Waals surface area (Å²) >= 11 is 5.77. The Labute approximate surface area is 187 Å². The maximum absolute atomic E-state index is 13.4. The molecule has 0 radical (unpaired) electrons. The molecule has 0 aliphatic heterocycles. The second kappa shape index (κ2) is 8.50. The lowest BCUT2D eigenvalue weighted by Gasteiger charge is -2.13. The first kappa shape index (κ1) is 22.2. The van der Waals surface area contributed by atoms with Crippen LogP contribution < -0.4 is 5.32 Å². The molecule has 0 amide bonds. The van der Waals surface area contributed by atoms with E-state index in [0.29, 0.717) is 5.69 Å². The summed E-state index contributed by atoms with van der Waals surface area (Å²) < 4.78 is 54.7. The van der Waals surface area contributed by atoms with Crippen LogP contribution in [0.15, 0.2) is 48.9 Å². The van der Waals surface area contributed by atoms with E-state index < -0.39 is 30.2 Å². The molecular weight excluding hydrogens is 470 g/mol. The van der Waals surface area contributed by atoms with Gasteiger partial charge in [0.15, 0.2) is 11.5 Å². The molecule has 3 aromatic heterocycles. The number of anilines is 2. The molecule has 33 heavy (non-hydrogen) atoms. The Morgan fingerprint density at radius 1 is 1.21 bits per heavy atom. The van der Waals surface area contributed by atoms with Gasteiger partial charge in [-0.2, -0.15) is 28.4 Å². The molecule has 0 spiro atoms. The summed E-state index contributed by atoms with van der Waals surface area (Å²) in [6, 6.07) is 6.01. The summed E-state index contributed by atoms with van der Waals surface area (Å²) in [5.74, 6) is -1.94. The molecule has 9 nitrogen and oxygen atoms in total. The molecule has 0 fully saturated rings. The summed E-state index contributed by atoms with van der Waals surface area (Å²) in [6.07, 6.45) is -1.01. The molecule has 0 bridgehead atoms. The van der Waals surface area contributed by atoms with Crippen LogP contribution in [0, 0.1) is 5.82 Å². The zero-order valence-corrected chi connectivity index (χ0v) is 17.0. The number of alkyl halides is 3. The molecule has 0 saturated heterocycles. The van der Waals surface area contributed by atoms with Gasteiger partial charge in [-0.3, -0.25) is 9.48 Å². The topological polar surface area (TPSA) is 111 Å². The summed E-state index contributed by atoms with van der Waals surface area (Å²) in [7, 11) is 0. The number of aliphatic carboxylic acids is 1. The van der Waals surface area contributed by atoms with Gasteiger partial charge in [0.05, 0.1) is 16.3 Å². The minimum Gasteiger partial charge on any atom is -0.480 e. The van der Waals surface area contributed by atoms with Gasteiger partial charge in [0.25, 0.3) is 0 Å². The van der Waals surface area contributed by atoms with Crippen LogP contribution >= 0.6 is 11.6 Å². The number of carboxylic acids is 1. The zero-order chi connectivity index (χ0) is 23.8. The molecule has 0 unspecified atom stereocenters. The number of carboxylic acid groups (broad SMARTS) is 1. The molecule has 170 valence electrons. The van der Waals surface area contributed by atoms with E-state index in [1.165, 1.54) is 30.6 Å². The average Bonchev–Trinajstić information content (AvgIpc) is 3.40. The van der Waals surface area contributed by atoms with Crippen molar-refractivity contribution in [2.45, 2.75) is 12.7 Å². The first-order chi connectivity index (χ1) is 15.6. The Morgan fingerprint density at radius 2 is 2.00 bits per heavy atom. The van der Waals surface area contributed by atoms with Crippen molar-refractivity contribution in [3.63, 3.8) is 0 Å². The van der Waals surface area contributed by atoms with E-state index in [-0.39, 0.29) is 28.0 Å². The van der Waals surface area contributed by atoms with Gasteiger partial charge in [-0.1, -0.05) is 11.6 Å². The number of benzene rings is 1. The molecule has 2 N–H and O–H groups in total. The SMILES string of the molecule is O=C(O)Cn1nccc1-c1cnc(Nc2ccc(F)c(Cl)c2)nc1-n1ccc(C(F)(F)F)n1. The Morgan fingerprint density at radius 3 is 2.67 bits per heavy atom. The second-order valence-electron chi connectivity index (χ2n) is 6.60. The summed E-state index contributed by atoms with van der Waals surface area (Å²) in [5, 5.41) is 19.2. The predicted molar refractivity (Wildman–Crippen MR) is 108 cm³/mol. The van der Waals surface area contributed by atoms with Crippen LogP contribution in [0.4, 0.5) is 29.2 Å². The van der Waals surface area contributed by atoms with Crippen LogP contribution in [0.5, 0.6) is 0 Å². The number of nitrogens with zero attached hydrogens (tertiary/aromatic N) is 6.